The molecule has 0 aliphatic heterocycles. The molecule has 0 unspecified atom stereocenters. The fraction of sp³-hybridized carbons (Fsp3) is 0.188. The SMILES string of the molecule is CCn1cc(/C=C(\NC(=O)c2ccc(OC)c(OC)c2)C(=O)NCCc2c[nH]c3ccccc23)c2ccccc21. The molecule has 8 nitrogen and oxygen atoms in total. The van der Waals surface area contributed by atoms with Crippen LogP contribution in [-0.4, -0.2) is 42.1 Å². The van der Waals surface area contributed by atoms with Crippen molar-refractivity contribution in [3.8, 4) is 11.5 Å². The van der Waals surface area contributed by atoms with Gasteiger partial charge in [0, 0.05) is 58.4 Å². The molecule has 0 atom stereocenters. The Balaban J connectivity index is 1.42. The standard InChI is InChI=1S/C32H32N4O4/c1-4-36-20-23(25-10-6-8-12-28(25)36)17-27(35-31(37)21-13-14-29(39-2)30(18-21)40-3)32(38)33-16-15-22-19-34-26-11-7-5-9-24(22)26/h5-14,17-20,34H,4,15-16H2,1-3H3,(H,33,38)(H,35,37)/b27-17-. The Kier molecular flexibility index (Phi) is 7.87. The number of ether oxygens (including phenoxy) is 2. The van der Waals surface area contributed by atoms with E-state index >= 15 is 0 Å². The second kappa shape index (κ2) is 11.8. The van der Waals surface area contributed by atoms with E-state index < -0.39 is 5.91 Å². The van der Waals surface area contributed by atoms with Gasteiger partial charge >= 0.3 is 0 Å². The monoisotopic (exact) mass is 536 g/mol. The van der Waals surface area contributed by atoms with Gasteiger partial charge in [0.15, 0.2) is 11.5 Å². The molecular weight excluding hydrogens is 504 g/mol. The predicted octanol–water partition coefficient (Wildman–Crippen LogP) is 5.29. The van der Waals surface area contributed by atoms with Crippen molar-refractivity contribution in [2.75, 3.05) is 20.8 Å². The van der Waals surface area contributed by atoms with Crippen LogP contribution in [0.5, 0.6) is 11.5 Å². The van der Waals surface area contributed by atoms with Gasteiger partial charge < -0.3 is 29.7 Å². The number of H-pyrrole nitrogens is 1. The molecule has 0 aliphatic carbocycles. The van der Waals surface area contributed by atoms with Crippen molar-refractivity contribution < 1.29 is 19.1 Å². The maximum Gasteiger partial charge on any atom is 0.267 e. The molecule has 0 spiro atoms. The average Bonchev–Trinajstić information content (AvgIpc) is 3.57. The number of amides is 2. The minimum absolute atomic E-state index is 0.151. The largest absolute Gasteiger partial charge is 0.493 e. The number of carbonyl (C=O) groups excluding carboxylic acids is 2. The summed E-state index contributed by atoms with van der Waals surface area (Å²) >= 11 is 0. The molecule has 2 aromatic heterocycles. The van der Waals surface area contributed by atoms with Gasteiger partial charge in [-0.3, -0.25) is 9.59 Å². The first-order valence-corrected chi connectivity index (χ1v) is 13.2. The summed E-state index contributed by atoms with van der Waals surface area (Å²) in [5, 5.41) is 7.94. The number of nitrogens with one attached hydrogen (secondary N) is 3. The molecular formula is C32H32N4O4. The van der Waals surface area contributed by atoms with Crippen LogP contribution in [0.4, 0.5) is 0 Å². The number of aromatic amines is 1. The lowest BCUT2D eigenvalue weighted by molar-refractivity contribution is -0.117. The van der Waals surface area contributed by atoms with Gasteiger partial charge in [0.25, 0.3) is 11.8 Å². The van der Waals surface area contributed by atoms with Gasteiger partial charge in [-0.25, -0.2) is 0 Å². The lowest BCUT2D eigenvalue weighted by atomic mass is 10.1. The Labute approximate surface area is 232 Å². The average molecular weight is 537 g/mol. The number of aromatic nitrogens is 2. The Bertz CT molecular complexity index is 1710. The van der Waals surface area contributed by atoms with E-state index in [9.17, 15) is 9.59 Å². The summed E-state index contributed by atoms with van der Waals surface area (Å²) in [7, 11) is 3.04. The zero-order valence-corrected chi connectivity index (χ0v) is 22.8. The summed E-state index contributed by atoms with van der Waals surface area (Å²) in [6, 6.07) is 20.9. The van der Waals surface area contributed by atoms with Crippen LogP contribution in [0.1, 0.15) is 28.4 Å². The van der Waals surface area contributed by atoms with Crippen LogP contribution >= 0.6 is 0 Å². The molecule has 8 heteroatoms. The van der Waals surface area contributed by atoms with Gasteiger partial charge in [0.1, 0.15) is 5.70 Å². The van der Waals surface area contributed by atoms with Gasteiger partial charge in [-0.05, 0) is 55.3 Å². The topological polar surface area (TPSA) is 97.4 Å². The third-order valence-corrected chi connectivity index (χ3v) is 6.95. The maximum atomic E-state index is 13.5. The molecule has 5 aromatic rings. The Hall–Kier alpha value is -4.98. The van der Waals surface area contributed by atoms with Crippen molar-refractivity contribution in [2.24, 2.45) is 0 Å². The Morgan fingerprint density at radius 2 is 1.70 bits per heavy atom. The second-order valence-electron chi connectivity index (χ2n) is 9.33. The van der Waals surface area contributed by atoms with Crippen LogP contribution in [0.3, 0.4) is 0 Å². The molecule has 0 radical (unpaired) electrons. The first-order chi connectivity index (χ1) is 19.5. The Morgan fingerprint density at radius 3 is 2.48 bits per heavy atom. The fourth-order valence-corrected chi connectivity index (χ4v) is 4.88. The van der Waals surface area contributed by atoms with Crippen LogP contribution in [0.25, 0.3) is 27.9 Å². The first kappa shape index (κ1) is 26.6. The third-order valence-electron chi connectivity index (χ3n) is 6.95. The van der Waals surface area contributed by atoms with Crippen molar-refractivity contribution in [3.63, 3.8) is 0 Å². The first-order valence-electron chi connectivity index (χ1n) is 13.2. The molecule has 0 aliphatic rings. The fourth-order valence-electron chi connectivity index (χ4n) is 4.88. The number of hydrogen-bond donors (Lipinski definition) is 3. The van der Waals surface area contributed by atoms with Crippen molar-refractivity contribution in [1.82, 2.24) is 20.2 Å². The number of para-hydroxylation sites is 2. The quantitative estimate of drug-likeness (QED) is 0.211. The molecule has 0 saturated heterocycles. The van der Waals surface area contributed by atoms with Crippen molar-refractivity contribution in [3.05, 3.63) is 102 Å². The van der Waals surface area contributed by atoms with Crippen LogP contribution < -0.4 is 20.1 Å². The van der Waals surface area contributed by atoms with Crippen LogP contribution in [0, 0.1) is 0 Å². The van der Waals surface area contributed by atoms with E-state index in [1.54, 1.807) is 24.3 Å². The van der Waals surface area contributed by atoms with Crippen LogP contribution in [-0.2, 0) is 17.8 Å². The number of carbonyl (C=O) groups is 2. The number of methoxy groups -OCH3 is 2. The minimum atomic E-state index is -0.432. The molecule has 3 N–H and O–H groups in total. The van der Waals surface area contributed by atoms with Gasteiger partial charge in [-0.15, -0.1) is 0 Å². The molecule has 0 saturated carbocycles. The van der Waals surface area contributed by atoms with E-state index in [-0.39, 0.29) is 11.6 Å². The van der Waals surface area contributed by atoms with Gasteiger partial charge in [0.2, 0.25) is 0 Å². The van der Waals surface area contributed by atoms with E-state index in [1.807, 2.05) is 54.9 Å². The molecule has 3 aromatic carbocycles. The zero-order valence-electron chi connectivity index (χ0n) is 22.8. The second-order valence-corrected chi connectivity index (χ2v) is 9.33. The van der Waals surface area contributed by atoms with E-state index in [4.69, 9.17) is 9.47 Å². The smallest absolute Gasteiger partial charge is 0.267 e. The summed E-state index contributed by atoms with van der Waals surface area (Å²) in [5.74, 6) is 0.132. The van der Waals surface area contributed by atoms with Crippen molar-refractivity contribution in [1.29, 1.82) is 0 Å². The van der Waals surface area contributed by atoms with E-state index in [0.717, 1.165) is 39.5 Å². The van der Waals surface area contributed by atoms with Crippen molar-refractivity contribution >= 4 is 39.7 Å². The van der Waals surface area contributed by atoms with Crippen molar-refractivity contribution in [2.45, 2.75) is 19.9 Å². The van der Waals surface area contributed by atoms with E-state index in [1.165, 1.54) is 14.2 Å². The predicted molar refractivity (Wildman–Crippen MR) is 158 cm³/mol. The van der Waals surface area contributed by atoms with Gasteiger partial charge in [-0.2, -0.15) is 0 Å². The number of fused-ring (bicyclic) bond motifs is 2. The molecule has 0 bridgehead atoms. The number of aryl methyl sites for hydroxylation is 1. The van der Waals surface area contributed by atoms with Crippen LogP contribution in [0.2, 0.25) is 0 Å². The van der Waals surface area contributed by atoms with Gasteiger partial charge in [-0.1, -0.05) is 36.4 Å². The summed E-state index contributed by atoms with van der Waals surface area (Å²) in [4.78, 5) is 30.1. The molecule has 204 valence electrons. The molecule has 5 rings (SSSR count). The van der Waals surface area contributed by atoms with Gasteiger partial charge in [0.05, 0.1) is 14.2 Å². The van der Waals surface area contributed by atoms with Crippen LogP contribution in [0.15, 0.2) is 84.8 Å². The van der Waals surface area contributed by atoms with E-state index in [2.05, 4.69) is 33.2 Å². The number of hydrogen-bond acceptors (Lipinski definition) is 4. The third kappa shape index (κ3) is 5.42. The van der Waals surface area contributed by atoms with E-state index in [0.29, 0.717) is 30.0 Å². The highest BCUT2D eigenvalue weighted by Gasteiger charge is 2.18. The lowest BCUT2D eigenvalue weighted by Gasteiger charge is -2.13. The summed E-state index contributed by atoms with van der Waals surface area (Å²) in [5.41, 5.74) is 4.55. The number of nitrogens with zero attached hydrogens (tertiary/aromatic N) is 1. The highest BCUT2D eigenvalue weighted by molar-refractivity contribution is 6.06. The molecule has 2 heterocycles. The summed E-state index contributed by atoms with van der Waals surface area (Å²) in [6.45, 7) is 3.25. The normalized spacial score (nSPS) is 11.5. The highest BCUT2D eigenvalue weighted by Crippen LogP contribution is 2.28. The highest BCUT2D eigenvalue weighted by atomic mass is 16.5. The molecule has 0 fully saturated rings. The lowest BCUT2D eigenvalue weighted by Crippen LogP contribution is -2.35. The number of benzene rings is 3. The summed E-state index contributed by atoms with van der Waals surface area (Å²) in [6.07, 6.45) is 6.33. The Morgan fingerprint density at radius 1 is 0.950 bits per heavy atom. The number of rotatable bonds is 10. The molecule has 40 heavy (non-hydrogen) atoms. The minimum Gasteiger partial charge on any atom is -0.493 e. The summed E-state index contributed by atoms with van der Waals surface area (Å²) < 4.78 is 12.8. The zero-order chi connectivity index (χ0) is 28.1. The maximum absolute atomic E-state index is 13.5. The molecule has 2 amide bonds.